The number of nitrogens with zero attached hydrogens (tertiary/aromatic N) is 2. The summed E-state index contributed by atoms with van der Waals surface area (Å²) in [6.45, 7) is 7.77. The van der Waals surface area contributed by atoms with Crippen molar-refractivity contribution in [2.45, 2.75) is 33.2 Å². The molecule has 2 N–H and O–H groups in total. The second-order valence-corrected chi connectivity index (χ2v) is 6.20. The molecule has 0 aromatic carbocycles. The van der Waals surface area contributed by atoms with Gasteiger partial charge >= 0.3 is 0 Å². The molecule has 0 saturated carbocycles. The third kappa shape index (κ3) is 3.36. The molecule has 1 aliphatic heterocycles. The Bertz CT molecular complexity index is 494. The number of aromatic nitrogens is 2. The first-order valence-corrected chi connectivity index (χ1v) is 7.55. The van der Waals surface area contributed by atoms with Crippen molar-refractivity contribution >= 4 is 21.6 Å². The number of nitrogens with one attached hydrogen (secondary N) is 2. The van der Waals surface area contributed by atoms with Crippen molar-refractivity contribution in [2.75, 3.05) is 25.0 Å². The van der Waals surface area contributed by atoms with E-state index in [1.807, 2.05) is 6.92 Å². The standard InChI is InChI=1S/C13H21BrN4O/c1-3-18-12(19)11(14)10(8-17-18)16-9-13(2)4-6-15-7-5-13/h8,15-16H,3-7,9H2,1-2H3. The highest BCUT2D eigenvalue weighted by Gasteiger charge is 2.26. The van der Waals surface area contributed by atoms with Gasteiger partial charge in [0.05, 0.1) is 11.9 Å². The smallest absolute Gasteiger partial charge is 0.283 e. The highest BCUT2D eigenvalue weighted by Crippen LogP contribution is 2.29. The molecule has 1 fully saturated rings. The SMILES string of the molecule is CCn1ncc(NCC2(C)CCNCC2)c(Br)c1=O. The summed E-state index contributed by atoms with van der Waals surface area (Å²) in [6, 6.07) is 0. The molecule has 1 aromatic rings. The fourth-order valence-electron chi connectivity index (χ4n) is 2.33. The number of anilines is 1. The predicted octanol–water partition coefficient (Wildman–Crippen LogP) is 1.83. The molecule has 5 nitrogen and oxygen atoms in total. The lowest BCUT2D eigenvalue weighted by atomic mass is 9.81. The van der Waals surface area contributed by atoms with Crippen molar-refractivity contribution in [3.05, 3.63) is 21.0 Å². The summed E-state index contributed by atoms with van der Waals surface area (Å²) in [4.78, 5) is 12.0. The van der Waals surface area contributed by atoms with Gasteiger partial charge in [0.2, 0.25) is 0 Å². The maximum absolute atomic E-state index is 12.0. The lowest BCUT2D eigenvalue weighted by molar-refractivity contribution is 0.247. The van der Waals surface area contributed by atoms with Crippen LogP contribution in [0.1, 0.15) is 26.7 Å². The Labute approximate surface area is 121 Å². The molecule has 0 atom stereocenters. The first-order chi connectivity index (χ1) is 9.06. The summed E-state index contributed by atoms with van der Waals surface area (Å²) in [6.07, 6.45) is 4.02. The molecule has 0 spiro atoms. The van der Waals surface area contributed by atoms with Gasteiger partial charge in [-0.3, -0.25) is 4.79 Å². The quantitative estimate of drug-likeness (QED) is 0.885. The molecule has 106 valence electrons. The van der Waals surface area contributed by atoms with E-state index >= 15 is 0 Å². The molecule has 0 amide bonds. The van der Waals surface area contributed by atoms with Crippen molar-refractivity contribution in [1.29, 1.82) is 0 Å². The molecular weight excluding hydrogens is 308 g/mol. The molecule has 1 aliphatic rings. The molecule has 6 heteroatoms. The number of piperidine rings is 1. The summed E-state index contributed by atoms with van der Waals surface area (Å²) in [5.74, 6) is 0. The number of hydrogen-bond donors (Lipinski definition) is 2. The van der Waals surface area contributed by atoms with Crippen LogP contribution in [0.2, 0.25) is 0 Å². The highest BCUT2D eigenvalue weighted by molar-refractivity contribution is 9.10. The van der Waals surface area contributed by atoms with Gasteiger partial charge in [0.1, 0.15) is 4.47 Å². The molecule has 1 aromatic heterocycles. The van der Waals surface area contributed by atoms with Crippen LogP contribution < -0.4 is 16.2 Å². The molecule has 0 bridgehead atoms. The maximum atomic E-state index is 12.0. The molecule has 2 rings (SSSR count). The van der Waals surface area contributed by atoms with E-state index in [2.05, 4.69) is 38.6 Å². The molecule has 0 unspecified atom stereocenters. The fourth-order valence-corrected chi connectivity index (χ4v) is 2.78. The van der Waals surface area contributed by atoms with Crippen molar-refractivity contribution in [2.24, 2.45) is 5.41 Å². The van der Waals surface area contributed by atoms with E-state index in [0.717, 1.165) is 38.2 Å². The Kier molecular flexibility index (Phi) is 4.62. The van der Waals surface area contributed by atoms with E-state index in [-0.39, 0.29) is 11.0 Å². The van der Waals surface area contributed by atoms with Gasteiger partial charge in [0.15, 0.2) is 0 Å². The minimum Gasteiger partial charge on any atom is -0.382 e. The van der Waals surface area contributed by atoms with Crippen LogP contribution >= 0.6 is 15.9 Å². The van der Waals surface area contributed by atoms with Gasteiger partial charge in [-0.25, -0.2) is 4.68 Å². The maximum Gasteiger partial charge on any atom is 0.283 e. The highest BCUT2D eigenvalue weighted by atomic mass is 79.9. The van der Waals surface area contributed by atoms with E-state index in [0.29, 0.717) is 11.0 Å². The van der Waals surface area contributed by atoms with Gasteiger partial charge in [-0.2, -0.15) is 5.10 Å². The van der Waals surface area contributed by atoms with E-state index < -0.39 is 0 Å². The molecule has 0 radical (unpaired) electrons. The Morgan fingerprint density at radius 3 is 2.84 bits per heavy atom. The predicted molar refractivity (Wildman–Crippen MR) is 80.6 cm³/mol. The van der Waals surface area contributed by atoms with E-state index in [1.54, 1.807) is 6.20 Å². The number of aryl methyl sites for hydroxylation is 1. The second kappa shape index (κ2) is 6.05. The zero-order valence-corrected chi connectivity index (χ0v) is 13.1. The molecule has 0 aliphatic carbocycles. The summed E-state index contributed by atoms with van der Waals surface area (Å²) in [5.41, 5.74) is 0.988. The third-order valence-electron chi connectivity index (χ3n) is 3.80. The lowest BCUT2D eigenvalue weighted by Gasteiger charge is -2.34. The van der Waals surface area contributed by atoms with Crippen LogP contribution in [0, 0.1) is 5.41 Å². The normalized spacial score (nSPS) is 18.3. The van der Waals surface area contributed by atoms with Crippen LogP contribution in [-0.2, 0) is 6.54 Å². The van der Waals surface area contributed by atoms with Gasteiger partial charge in [-0.05, 0) is 54.2 Å². The van der Waals surface area contributed by atoms with Crippen LogP contribution in [0.15, 0.2) is 15.5 Å². The molecule has 1 saturated heterocycles. The Morgan fingerprint density at radius 2 is 2.21 bits per heavy atom. The Morgan fingerprint density at radius 1 is 1.53 bits per heavy atom. The molecule has 2 heterocycles. The summed E-state index contributed by atoms with van der Waals surface area (Å²) < 4.78 is 2.02. The van der Waals surface area contributed by atoms with Crippen molar-refractivity contribution in [3.63, 3.8) is 0 Å². The number of hydrogen-bond acceptors (Lipinski definition) is 4. The Hall–Kier alpha value is -0.880. The lowest BCUT2D eigenvalue weighted by Crippen LogP contribution is -2.39. The average Bonchev–Trinajstić information content (AvgIpc) is 2.41. The van der Waals surface area contributed by atoms with Crippen LogP contribution in [0.5, 0.6) is 0 Å². The van der Waals surface area contributed by atoms with Gasteiger partial charge in [-0.15, -0.1) is 0 Å². The second-order valence-electron chi connectivity index (χ2n) is 5.41. The number of halogens is 1. The van der Waals surface area contributed by atoms with Crippen LogP contribution in [0.25, 0.3) is 0 Å². The topological polar surface area (TPSA) is 59.0 Å². The first-order valence-electron chi connectivity index (χ1n) is 6.76. The van der Waals surface area contributed by atoms with E-state index in [4.69, 9.17) is 0 Å². The van der Waals surface area contributed by atoms with Crippen LogP contribution in [0.4, 0.5) is 5.69 Å². The average molecular weight is 329 g/mol. The van der Waals surface area contributed by atoms with Crippen LogP contribution in [0.3, 0.4) is 0 Å². The van der Waals surface area contributed by atoms with Crippen molar-refractivity contribution in [1.82, 2.24) is 15.1 Å². The summed E-state index contributed by atoms with van der Waals surface area (Å²) >= 11 is 3.37. The van der Waals surface area contributed by atoms with Crippen molar-refractivity contribution < 1.29 is 0 Å². The van der Waals surface area contributed by atoms with Gasteiger partial charge in [-0.1, -0.05) is 6.92 Å². The zero-order valence-electron chi connectivity index (χ0n) is 11.5. The van der Waals surface area contributed by atoms with Gasteiger partial charge in [0, 0.05) is 13.1 Å². The van der Waals surface area contributed by atoms with Gasteiger partial charge in [0.25, 0.3) is 5.56 Å². The Balaban J connectivity index is 2.07. The first kappa shape index (κ1) is 14.5. The molecule has 19 heavy (non-hydrogen) atoms. The number of rotatable bonds is 4. The monoisotopic (exact) mass is 328 g/mol. The largest absolute Gasteiger partial charge is 0.382 e. The fraction of sp³-hybridized carbons (Fsp3) is 0.692. The van der Waals surface area contributed by atoms with E-state index in [9.17, 15) is 4.79 Å². The van der Waals surface area contributed by atoms with Gasteiger partial charge < -0.3 is 10.6 Å². The molecular formula is C13H21BrN4O. The zero-order chi connectivity index (χ0) is 13.9. The summed E-state index contributed by atoms with van der Waals surface area (Å²) in [7, 11) is 0. The van der Waals surface area contributed by atoms with Crippen molar-refractivity contribution in [3.8, 4) is 0 Å². The minimum atomic E-state index is -0.0806. The minimum absolute atomic E-state index is 0.0806. The van der Waals surface area contributed by atoms with E-state index in [1.165, 1.54) is 4.68 Å². The summed E-state index contributed by atoms with van der Waals surface area (Å²) in [5, 5.41) is 10.9. The van der Waals surface area contributed by atoms with Crippen LogP contribution in [-0.4, -0.2) is 29.4 Å². The third-order valence-corrected chi connectivity index (χ3v) is 4.57.